The molecule has 29 heavy (non-hydrogen) atoms. The van der Waals surface area contributed by atoms with E-state index >= 15 is 0 Å². The first kappa shape index (κ1) is 21.1. The van der Waals surface area contributed by atoms with Crippen molar-refractivity contribution in [2.24, 2.45) is 5.92 Å². The number of hydrogen-bond donors (Lipinski definition) is 1. The van der Waals surface area contributed by atoms with Crippen molar-refractivity contribution >= 4 is 11.7 Å². The number of carbonyl (C=O) groups excluding carboxylic acids is 1. The maximum atomic E-state index is 13.1. The Hall–Kier alpha value is -2.61. The second-order valence-corrected chi connectivity index (χ2v) is 7.74. The molecule has 2 amide bonds. The lowest BCUT2D eigenvalue weighted by Crippen LogP contribution is -2.40. The largest absolute Gasteiger partial charge is 0.492 e. The summed E-state index contributed by atoms with van der Waals surface area (Å²) < 4.78 is 11.1. The van der Waals surface area contributed by atoms with E-state index in [-0.39, 0.29) is 12.1 Å². The third kappa shape index (κ3) is 5.47. The number of carbonyl (C=O) groups is 1. The monoisotopic (exact) mass is 401 g/mol. The van der Waals surface area contributed by atoms with Gasteiger partial charge in [0.05, 0.1) is 12.3 Å². The highest BCUT2D eigenvalue weighted by Crippen LogP contribution is 2.27. The Morgan fingerprint density at radius 3 is 2.83 bits per heavy atom. The third-order valence-corrected chi connectivity index (χ3v) is 4.85. The number of nitrogens with zero attached hydrogens (tertiary/aromatic N) is 4. The van der Waals surface area contributed by atoms with E-state index in [0.29, 0.717) is 48.8 Å². The van der Waals surface area contributed by atoms with Crippen molar-refractivity contribution in [1.82, 2.24) is 19.9 Å². The topological polar surface area (TPSA) is 83.7 Å². The summed E-state index contributed by atoms with van der Waals surface area (Å²) in [5, 5.41) is 6.96. The number of nitrogens with one attached hydrogen (secondary N) is 1. The second-order valence-electron chi connectivity index (χ2n) is 7.74. The molecule has 0 radical (unpaired) electrons. The first-order chi connectivity index (χ1) is 14.0. The molecule has 1 aliphatic heterocycles. The highest BCUT2D eigenvalue weighted by atomic mass is 16.5. The van der Waals surface area contributed by atoms with Gasteiger partial charge in [-0.1, -0.05) is 31.1 Å². The number of anilines is 1. The lowest BCUT2D eigenvalue weighted by molar-refractivity contribution is 0.138. The van der Waals surface area contributed by atoms with Crippen LogP contribution in [0, 0.1) is 12.8 Å². The third-order valence-electron chi connectivity index (χ3n) is 4.85. The highest BCUT2D eigenvalue weighted by molar-refractivity contribution is 5.91. The van der Waals surface area contributed by atoms with Crippen LogP contribution in [-0.2, 0) is 0 Å². The van der Waals surface area contributed by atoms with Gasteiger partial charge in [0.2, 0.25) is 5.89 Å². The molecule has 8 nitrogen and oxygen atoms in total. The molecule has 8 heteroatoms. The van der Waals surface area contributed by atoms with Crippen molar-refractivity contribution < 1.29 is 14.1 Å². The summed E-state index contributed by atoms with van der Waals surface area (Å²) in [6.45, 7) is 11.6. The lowest BCUT2D eigenvalue weighted by Gasteiger charge is -2.30. The molecule has 1 aliphatic rings. The van der Waals surface area contributed by atoms with Crippen LogP contribution in [-0.4, -0.2) is 58.8 Å². The van der Waals surface area contributed by atoms with E-state index in [1.165, 1.54) is 0 Å². The fourth-order valence-corrected chi connectivity index (χ4v) is 3.64. The number of hydrogen-bond acceptors (Lipinski definition) is 6. The number of urea groups is 1. The summed E-state index contributed by atoms with van der Waals surface area (Å²) in [6, 6.07) is 7.22. The first-order valence-corrected chi connectivity index (χ1v) is 10.3. The average Bonchev–Trinajstić information content (AvgIpc) is 3.00. The minimum atomic E-state index is -0.148. The molecule has 3 rings (SSSR count). The minimum absolute atomic E-state index is 0.117. The van der Waals surface area contributed by atoms with E-state index in [1.807, 2.05) is 43.0 Å². The molecule has 2 aromatic rings. The van der Waals surface area contributed by atoms with Gasteiger partial charge in [0.15, 0.2) is 5.82 Å². The van der Waals surface area contributed by atoms with Crippen molar-refractivity contribution in [3.8, 4) is 5.75 Å². The molecule has 1 aromatic carbocycles. The summed E-state index contributed by atoms with van der Waals surface area (Å²) in [4.78, 5) is 21.7. The summed E-state index contributed by atoms with van der Waals surface area (Å²) >= 11 is 0. The van der Waals surface area contributed by atoms with Crippen molar-refractivity contribution in [2.75, 3.05) is 38.1 Å². The van der Waals surface area contributed by atoms with Crippen LogP contribution in [0.2, 0.25) is 0 Å². The molecular formula is C21H31N5O3. The van der Waals surface area contributed by atoms with E-state index < -0.39 is 0 Å². The van der Waals surface area contributed by atoms with E-state index in [4.69, 9.17) is 9.26 Å². The maximum Gasteiger partial charge on any atom is 0.322 e. The number of rotatable bonds is 6. The van der Waals surface area contributed by atoms with Crippen molar-refractivity contribution in [2.45, 2.75) is 40.2 Å². The number of amides is 2. The van der Waals surface area contributed by atoms with Crippen LogP contribution in [0.5, 0.6) is 5.75 Å². The standard InChI is InChI=1S/C21H31N5O3/c1-5-28-19-10-7-6-9-17(19)23-21(27)26-12-8-11-25(13-15(2)3)18(14-26)20-22-16(4)24-29-20/h6-7,9-10,15,18H,5,8,11-14H2,1-4H3,(H,23,27). The maximum absolute atomic E-state index is 13.1. The van der Waals surface area contributed by atoms with Crippen LogP contribution < -0.4 is 10.1 Å². The molecule has 1 saturated heterocycles. The zero-order valence-electron chi connectivity index (χ0n) is 17.7. The van der Waals surface area contributed by atoms with Crippen LogP contribution in [0.25, 0.3) is 0 Å². The van der Waals surface area contributed by atoms with Gasteiger partial charge in [0, 0.05) is 26.2 Å². The molecule has 1 N–H and O–H groups in total. The molecule has 158 valence electrons. The number of para-hydroxylation sites is 2. The van der Waals surface area contributed by atoms with E-state index in [2.05, 4.69) is 34.2 Å². The van der Waals surface area contributed by atoms with E-state index in [0.717, 1.165) is 19.5 Å². The molecular weight excluding hydrogens is 370 g/mol. The quantitative estimate of drug-likeness (QED) is 0.794. The molecule has 2 heterocycles. The van der Waals surface area contributed by atoms with Crippen LogP contribution in [0.4, 0.5) is 10.5 Å². The molecule has 1 unspecified atom stereocenters. The normalized spacial score (nSPS) is 18.0. The predicted molar refractivity (Wildman–Crippen MR) is 111 cm³/mol. The van der Waals surface area contributed by atoms with Crippen LogP contribution in [0.15, 0.2) is 28.8 Å². The number of aryl methyl sites for hydroxylation is 1. The summed E-state index contributed by atoms with van der Waals surface area (Å²) in [5.41, 5.74) is 0.674. The summed E-state index contributed by atoms with van der Waals surface area (Å²) in [5.74, 6) is 2.34. The summed E-state index contributed by atoms with van der Waals surface area (Å²) in [7, 11) is 0. The molecule has 0 aliphatic carbocycles. The van der Waals surface area contributed by atoms with Crippen LogP contribution in [0.1, 0.15) is 44.9 Å². The molecule has 1 aromatic heterocycles. The summed E-state index contributed by atoms with van der Waals surface area (Å²) in [6.07, 6.45) is 0.886. The smallest absolute Gasteiger partial charge is 0.322 e. The molecule has 0 spiro atoms. The first-order valence-electron chi connectivity index (χ1n) is 10.3. The number of benzene rings is 1. The predicted octanol–water partition coefficient (Wildman–Crippen LogP) is 3.71. The van der Waals surface area contributed by atoms with Gasteiger partial charge in [-0.05, 0) is 38.3 Å². The van der Waals surface area contributed by atoms with Gasteiger partial charge in [-0.3, -0.25) is 4.90 Å². The zero-order valence-corrected chi connectivity index (χ0v) is 17.7. The Labute approximate surface area is 172 Å². The van der Waals surface area contributed by atoms with E-state index in [9.17, 15) is 4.79 Å². The second kappa shape index (κ2) is 9.73. The average molecular weight is 402 g/mol. The van der Waals surface area contributed by atoms with Gasteiger partial charge in [0.1, 0.15) is 11.8 Å². The molecule has 1 fully saturated rings. The van der Waals surface area contributed by atoms with E-state index in [1.54, 1.807) is 0 Å². The van der Waals surface area contributed by atoms with Crippen LogP contribution in [0.3, 0.4) is 0 Å². The Bertz CT molecular complexity index is 807. The van der Waals surface area contributed by atoms with Crippen molar-refractivity contribution in [1.29, 1.82) is 0 Å². The number of ether oxygens (including phenoxy) is 1. The highest BCUT2D eigenvalue weighted by Gasteiger charge is 2.32. The van der Waals surface area contributed by atoms with Gasteiger partial charge in [0.25, 0.3) is 0 Å². The SMILES string of the molecule is CCOc1ccccc1NC(=O)N1CCCN(CC(C)C)C(c2nc(C)no2)C1. The van der Waals surface area contributed by atoms with Crippen molar-refractivity contribution in [3.63, 3.8) is 0 Å². The Morgan fingerprint density at radius 2 is 2.14 bits per heavy atom. The van der Waals surface area contributed by atoms with Crippen LogP contribution >= 0.6 is 0 Å². The Morgan fingerprint density at radius 1 is 1.34 bits per heavy atom. The minimum Gasteiger partial charge on any atom is -0.492 e. The van der Waals surface area contributed by atoms with Gasteiger partial charge >= 0.3 is 6.03 Å². The van der Waals surface area contributed by atoms with Gasteiger partial charge in [-0.15, -0.1) is 0 Å². The van der Waals surface area contributed by atoms with Gasteiger partial charge < -0.3 is 19.5 Å². The Balaban J connectivity index is 1.78. The van der Waals surface area contributed by atoms with Crippen molar-refractivity contribution in [3.05, 3.63) is 36.0 Å². The zero-order chi connectivity index (χ0) is 20.8. The van der Waals surface area contributed by atoms with Gasteiger partial charge in [-0.25, -0.2) is 4.79 Å². The fraction of sp³-hybridized carbons (Fsp3) is 0.571. The Kier molecular flexibility index (Phi) is 7.09. The fourth-order valence-electron chi connectivity index (χ4n) is 3.64. The molecule has 0 saturated carbocycles. The van der Waals surface area contributed by atoms with Gasteiger partial charge in [-0.2, -0.15) is 4.98 Å². The molecule has 0 bridgehead atoms. The lowest BCUT2D eigenvalue weighted by atomic mass is 10.1. The molecule has 1 atom stereocenters. The number of aromatic nitrogens is 2.